The highest BCUT2D eigenvalue weighted by Gasteiger charge is 2.40. The molecule has 2 aliphatic rings. The number of nitrogens with two attached hydrogens (primary N) is 1. The van der Waals surface area contributed by atoms with Crippen LogP contribution in [0.1, 0.15) is 68.6 Å². The van der Waals surface area contributed by atoms with Gasteiger partial charge in [0.05, 0.1) is 33.5 Å². The summed E-state index contributed by atoms with van der Waals surface area (Å²) in [4.78, 5) is 44.5. The molecule has 4 heterocycles. The van der Waals surface area contributed by atoms with E-state index >= 15 is 0 Å². The molecule has 1 atom stereocenters. The summed E-state index contributed by atoms with van der Waals surface area (Å²) in [5.74, 6) is -1.77. The number of aromatic amines is 1. The van der Waals surface area contributed by atoms with E-state index in [0.29, 0.717) is 35.3 Å². The predicted octanol–water partition coefficient (Wildman–Crippen LogP) is 5.00. The molecule has 1 unspecified atom stereocenters. The van der Waals surface area contributed by atoms with E-state index in [4.69, 9.17) is 28.9 Å². The number of carbonyl (C=O) groups excluding carboxylic acids is 2. The normalized spacial score (nSPS) is 18.2. The van der Waals surface area contributed by atoms with E-state index < -0.39 is 23.4 Å². The maximum absolute atomic E-state index is 13.8. The average molecular weight is 622 g/mol. The molecule has 4 N–H and O–H groups in total. The maximum Gasteiger partial charge on any atom is 0.417 e. The molecule has 0 aromatic carbocycles. The fourth-order valence-electron chi connectivity index (χ4n) is 5.53. The van der Waals surface area contributed by atoms with Crippen molar-refractivity contribution in [1.29, 1.82) is 0 Å². The summed E-state index contributed by atoms with van der Waals surface area (Å²) in [5.41, 5.74) is 7.83. The minimum Gasteiger partial charge on any atom is -0.368 e. The first-order valence-electron chi connectivity index (χ1n) is 13.4. The number of likely N-dealkylation sites (tertiary alicyclic amines) is 1. The maximum atomic E-state index is 13.8. The van der Waals surface area contributed by atoms with Gasteiger partial charge in [0.2, 0.25) is 5.95 Å². The van der Waals surface area contributed by atoms with Gasteiger partial charge in [0, 0.05) is 48.2 Å². The summed E-state index contributed by atoms with van der Waals surface area (Å²) < 4.78 is 39.3. The fraction of sp³-hybridized carbons (Fsp3) is 0.393. The molecule has 14 heteroatoms. The molecular weight excluding hydrogens is 594 g/mol. The zero-order valence-corrected chi connectivity index (χ0v) is 24.3. The highest BCUT2D eigenvalue weighted by Crippen LogP contribution is 2.44. The lowest BCUT2D eigenvalue weighted by atomic mass is 9.97. The Labute approximate surface area is 249 Å². The number of nitrogens with zero attached hydrogens (tertiary/aromatic N) is 4. The van der Waals surface area contributed by atoms with Gasteiger partial charge in [0.15, 0.2) is 5.78 Å². The lowest BCUT2D eigenvalue weighted by Crippen LogP contribution is -2.33. The van der Waals surface area contributed by atoms with Crippen LogP contribution in [0.2, 0.25) is 10.2 Å². The van der Waals surface area contributed by atoms with E-state index in [2.05, 4.69) is 30.2 Å². The number of halogens is 5. The van der Waals surface area contributed by atoms with Crippen LogP contribution in [0.4, 0.5) is 19.1 Å². The van der Waals surface area contributed by atoms with Crippen LogP contribution in [0.25, 0.3) is 11.6 Å². The standard InChI is InChI=1S/C28H28Cl2F3N7O2/c1-13-19(37-14(2)21(13)26(42)35-5-8-40-6-3-4-7-40)10-16-22-23(38-27(34)39-25(22)30)17(24(16)41)11-20-18(29)9-15(12-36-20)28(31,32)33/h9-10,12,17,37H,3-8,11H2,1-2H3,(H,35,42)(H2,34,38,39)/b16-10-. The first kappa shape index (κ1) is 30.0. The Morgan fingerprint density at radius 1 is 1.24 bits per heavy atom. The van der Waals surface area contributed by atoms with Crippen molar-refractivity contribution >= 4 is 52.5 Å². The molecule has 1 aliphatic carbocycles. The third-order valence-electron chi connectivity index (χ3n) is 7.64. The molecule has 0 spiro atoms. The van der Waals surface area contributed by atoms with Crippen molar-refractivity contribution < 1.29 is 22.8 Å². The summed E-state index contributed by atoms with van der Waals surface area (Å²) in [6.45, 7) is 6.90. The van der Waals surface area contributed by atoms with Gasteiger partial charge in [-0.25, -0.2) is 9.97 Å². The second-order valence-corrected chi connectivity index (χ2v) is 11.2. The molecule has 1 fully saturated rings. The molecule has 9 nitrogen and oxygen atoms in total. The smallest absolute Gasteiger partial charge is 0.368 e. The van der Waals surface area contributed by atoms with Crippen LogP contribution in [-0.2, 0) is 17.4 Å². The monoisotopic (exact) mass is 621 g/mol. The van der Waals surface area contributed by atoms with E-state index in [0.717, 1.165) is 25.7 Å². The summed E-state index contributed by atoms with van der Waals surface area (Å²) >= 11 is 12.6. The van der Waals surface area contributed by atoms with Crippen LogP contribution in [0.3, 0.4) is 0 Å². The van der Waals surface area contributed by atoms with Crippen molar-refractivity contribution in [3.05, 3.63) is 67.5 Å². The zero-order chi connectivity index (χ0) is 30.3. The number of aryl methyl sites for hydroxylation is 1. The molecule has 3 aromatic heterocycles. The van der Waals surface area contributed by atoms with Crippen molar-refractivity contribution in [3.63, 3.8) is 0 Å². The van der Waals surface area contributed by atoms with Crippen LogP contribution < -0.4 is 11.1 Å². The van der Waals surface area contributed by atoms with Gasteiger partial charge < -0.3 is 20.9 Å². The zero-order valence-electron chi connectivity index (χ0n) is 22.8. The summed E-state index contributed by atoms with van der Waals surface area (Å²) in [6.07, 6.45) is -0.174. The van der Waals surface area contributed by atoms with Gasteiger partial charge in [-0.3, -0.25) is 14.6 Å². The van der Waals surface area contributed by atoms with Crippen molar-refractivity contribution in [2.45, 2.75) is 45.2 Å². The van der Waals surface area contributed by atoms with Gasteiger partial charge in [-0.1, -0.05) is 23.2 Å². The number of aromatic nitrogens is 4. The number of anilines is 1. The number of fused-ring (bicyclic) bond motifs is 1. The number of rotatable bonds is 7. The number of alkyl halides is 3. The number of allylic oxidation sites excluding steroid dienone is 1. The van der Waals surface area contributed by atoms with Gasteiger partial charge in [0.25, 0.3) is 5.91 Å². The molecule has 1 saturated heterocycles. The van der Waals surface area contributed by atoms with E-state index in [-0.39, 0.29) is 51.0 Å². The second-order valence-electron chi connectivity index (χ2n) is 10.4. The van der Waals surface area contributed by atoms with Crippen molar-refractivity contribution in [1.82, 2.24) is 30.2 Å². The number of H-pyrrole nitrogens is 1. The number of Topliss-reactive ketones (excluding diaryl/α,β-unsaturated/α-hetero) is 1. The van der Waals surface area contributed by atoms with E-state index in [1.165, 1.54) is 12.8 Å². The predicted molar refractivity (Wildman–Crippen MR) is 153 cm³/mol. The summed E-state index contributed by atoms with van der Waals surface area (Å²) in [7, 11) is 0. The molecule has 1 amide bonds. The first-order chi connectivity index (χ1) is 19.8. The summed E-state index contributed by atoms with van der Waals surface area (Å²) in [5, 5.41) is 2.69. The topological polar surface area (TPSA) is 130 Å². The van der Waals surface area contributed by atoms with Crippen LogP contribution in [-0.4, -0.2) is 62.7 Å². The van der Waals surface area contributed by atoms with Crippen LogP contribution >= 0.6 is 23.2 Å². The number of hydrogen-bond donors (Lipinski definition) is 3. The fourth-order valence-corrected chi connectivity index (χ4v) is 6.05. The molecule has 0 saturated carbocycles. The Kier molecular flexibility index (Phi) is 8.32. The molecular formula is C28H28Cl2F3N7O2. The number of ketones is 1. The minimum atomic E-state index is -4.62. The molecule has 42 heavy (non-hydrogen) atoms. The highest BCUT2D eigenvalue weighted by molar-refractivity contribution is 6.38. The summed E-state index contributed by atoms with van der Waals surface area (Å²) in [6, 6.07) is 0.769. The Morgan fingerprint density at radius 3 is 2.62 bits per heavy atom. The van der Waals surface area contributed by atoms with Gasteiger partial charge in [-0.05, 0) is 57.5 Å². The van der Waals surface area contributed by atoms with Gasteiger partial charge in [0.1, 0.15) is 5.15 Å². The lowest BCUT2D eigenvalue weighted by Gasteiger charge is -2.14. The van der Waals surface area contributed by atoms with Crippen LogP contribution in [0, 0.1) is 13.8 Å². The van der Waals surface area contributed by atoms with Crippen molar-refractivity contribution in [2.75, 3.05) is 31.9 Å². The van der Waals surface area contributed by atoms with E-state index in [9.17, 15) is 22.8 Å². The van der Waals surface area contributed by atoms with Crippen LogP contribution in [0.5, 0.6) is 0 Å². The number of pyridine rings is 1. The number of carbonyl (C=O) groups is 2. The number of amides is 1. The van der Waals surface area contributed by atoms with Gasteiger partial charge >= 0.3 is 6.18 Å². The Hall–Kier alpha value is -3.48. The SMILES string of the molecule is Cc1[nH]c(/C=C2\C(=O)C(Cc3ncc(C(F)(F)F)cc3Cl)c3nc(N)nc(Cl)c32)c(C)c1C(=O)NCCN1CCCC1. The Morgan fingerprint density at radius 2 is 1.95 bits per heavy atom. The molecule has 0 bridgehead atoms. The largest absolute Gasteiger partial charge is 0.417 e. The Bertz CT molecular complexity index is 1600. The first-order valence-corrected chi connectivity index (χ1v) is 14.1. The number of hydrogen-bond acceptors (Lipinski definition) is 7. The van der Waals surface area contributed by atoms with Crippen molar-refractivity contribution in [3.8, 4) is 0 Å². The minimum absolute atomic E-state index is 0.0492. The van der Waals surface area contributed by atoms with E-state index in [1.807, 2.05) is 0 Å². The molecule has 1 aliphatic heterocycles. The third kappa shape index (κ3) is 5.88. The average Bonchev–Trinajstić information content (AvgIpc) is 3.58. The van der Waals surface area contributed by atoms with Gasteiger partial charge in [-0.2, -0.15) is 13.2 Å². The quantitative estimate of drug-likeness (QED) is 0.250. The molecule has 0 radical (unpaired) electrons. The molecule has 3 aromatic rings. The van der Waals surface area contributed by atoms with Gasteiger partial charge in [-0.15, -0.1) is 0 Å². The third-order valence-corrected chi connectivity index (χ3v) is 8.24. The van der Waals surface area contributed by atoms with E-state index in [1.54, 1.807) is 19.9 Å². The molecule has 222 valence electrons. The van der Waals surface area contributed by atoms with Crippen molar-refractivity contribution in [2.24, 2.45) is 0 Å². The highest BCUT2D eigenvalue weighted by atomic mass is 35.5. The number of nitrogens with one attached hydrogen (secondary N) is 2. The second kappa shape index (κ2) is 11.7. The Balaban J connectivity index is 1.45. The molecule has 5 rings (SSSR count). The lowest BCUT2D eigenvalue weighted by molar-refractivity contribution is -0.137. The van der Waals surface area contributed by atoms with Crippen LogP contribution in [0.15, 0.2) is 12.3 Å². The number of nitrogen functional groups attached to an aromatic ring is 1.